The maximum atomic E-state index is 9.69. The molecule has 0 bridgehead atoms. The van der Waals surface area contributed by atoms with Gasteiger partial charge in [-0.25, -0.2) is 0 Å². The van der Waals surface area contributed by atoms with Crippen LogP contribution < -0.4 is 10.6 Å². The van der Waals surface area contributed by atoms with Crippen molar-refractivity contribution < 1.29 is 0 Å². The van der Waals surface area contributed by atoms with Gasteiger partial charge in [-0.1, -0.05) is 31.4 Å². The molecule has 2 rings (SSSR count). The van der Waals surface area contributed by atoms with Gasteiger partial charge in [-0.2, -0.15) is 5.26 Å². The van der Waals surface area contributed by atoms with Crippen molar-refractivity contribution in [2.24, 2.45) is 15.0 Å². The molecule has 0 atom stereocenters. The van der Waals surface area contributed by atoms with E-state index in [0.717, 1.165) is 28.1 Å². The van der Waals surface area contributed by atoms with E-state index in [2.05, 4.69) is 61.5 Å². The zero-order valence-electron chi connectivity index (χ0n) is 20.6. The molecule has 0 radical (unpaired) electrons. The van der Waals surface area contributed by atoms with Crippen molar-refractivity contribution in [2.75, 3.05) is 14.1 Å². The summed E-state index contributed by atoms with van der Waals surface area (Å²) in [5.74, 6) is 0.537. The molecular formula is C27H30N8. The Bertz CT molecular complexity index is 1270. The number of hydrogen-bond acceptors (Lipinski definition) is 6. The van der Waals surface area contributed by atoms with Crippen LogP contribution in [0.15, 0.2) is 70.9 Å². The number of allylic oxidation sites excluding steroid dienone is 4. The molecule has 0 fully saturated rings. The normalized spacial score (nSPS) is 12.5. The number of hydrogen-bond donors (Lipinski definition) is 2. The van der Waals surface area contributed by atoms with Gasteiger partial charge in [0.1, 0.15) is 6.07 Å². The average molecular weight is 467 g/mol. The molecule has 2 aromatic heterocycles. The van der Waals surface area contributed by atoms with E-state index in [4.69, 9.17) is 0 Å². The van der Waals surface area contributed by atoms with Gasteiger partial charge in [0.2, 0.25) is 0 Å². The van der Waals surface area contributed by atoms with Gasteiger partial charge in [0.05, 0.1) is 34.5 Å². The Morgan fingerprint density at radius 3 is 2.51 bits per heavy atom. The Kier molecular flexibility index (Phi) is 10.0. The first-order chi connectivity index (χ1) is 16.9. The summed E-state index contributed by atoms with van der Waals surface area (Å²) in [6.45, 7) is 15.4. The van der Waals surface area contributed by atoms with Crippen molar-refractivity contribution >= 4 is 41.4 Å². The van der Waals surface area contributed by atoms with Crippen molar-refractivity contribution in [3.63, 3.8) is 0 Å². The molecule has 8 nitrogen and oxygen atoms in total. The highest BCUT2D eigenvalue weighted by Crippen LogP contribution is 2.22. The highest BCUT2D eigenvalue weighted by Gasteiger charge is 2.11. The summed E-state index contributed by atoms with van der Waals surface area (Å²) in [5, 5.41) is 16.2. The first kappa shape index (κ1) is 26.6. The number of pyridine rings is 2. The number of aliphatic imine (C=N–C) groups is 3. The van der Waals surface area contributed by atoms with E-state index in [1.54, 1.807) is 44.7 Å². The Morgan fingerprint density at radius 2 is 1.94 bits per heavy atom. The maximum Gasteiger partial charge on any atom is 0.195 e. The minimum atomic E-state index is 0.409. The number of aromatic nitrogens is 2. The summed E-state index contributed by atoms with van der Waals surface area (Å²) in [4.78, 5) is 21.4. The van der Waals surface area contributed by atoms with Crippen LogP contribution in [-0.2, 0) is 6.54 Å². The van der Waals surface area contributed by atoms with Gasteiger partial charge in [-0.15, -0.1) is 0 Å². The van der Waals surface area contributed by atoms with Crippen molar-refractivity contribution in [1.82, 2.24) is 20.6 Å². The van der Waals surface area contributed by atoms with Crippen molar-refractivity contribution in [3.8, 4) is 6.07 Å². The fraction of sp³-hybridized carbons (Fsp3) is 0.185. The van der Waals surface area contributed by atoms with E-state index < -0.39 is 0 Å². The highest BCUT2D eigenvalue weighted by atomic mass is 15.2. The van der Waals surface area contributed by atoms with Gasteiger partial charge >= 0.3 is 0 Å². The fourth-order valence-electron chi connectivity index (χ4n) is 3.12. The Morgan fingerprint density at radius 1 is 1.17 bits per heavy atom. The summed E-state index contributed by atoms with van der Waals surface area (Å²) < 4.78 is 0. The van der Waals surface area contributed by atoms with Crippen LogP contribution in [0.1, 0.15) is 41.9 Å². The summed E-state index contributed by atoms with van der Waals surface area (Å²) in [6, 6.07) is 5.90. The van der Waals surface area contributed by atoms with E-state index in [1.165, 1.54) is 0 Å². The molecule has 2 N–H and O–H groups in total. The van der Waals surface area contributed by atoms with Crippen LogP contribution in [0.25, 0.3) is 17.3 Å². The lowest BCUT2D eigenvalue weighted by Crippen LogP contribution is -2.36. The molecule has 2 heterocycles. The number of rotatable bonds is 9. The lowest BCUT2D eigenvalue weighted by Gasteiger charge is -2.15. The first-order valence-electron chi connectivity index (χ1n) is 10.8. The van der Waals surface area contributed by atoms with Gasteiger partial charge in [-0.05, 0) is 44.3 Å². The maximum absolute atomic E-state index is 9.69. The van der Waals surface area contributed by atoms with Crippen LogP contribution in [0.3, 0.4) is 0 Å². The summed E-state index contributed by atoms with van der Waals surface area (Å²) in [5.41, 5.74) is 6.37. The Balaban J connectivity index is 2.21. The molecule has 35 heavy (non-hydrogen) atoms. The van der Waals surface area contributed by atoms with Crippen molar-refractivity contribution in [2.45, 2.75) is 20.4 Å². The number of nitriles is 1. The molecule has 0 saturated carbocycles. The van der Waals surface area contributed by atoms with Crippen LogP contribution >= 0.6 is 0 Å². The van der Waals surface area contributed by atoms with Gasteiger partial charge in [0.25, 0.3) is 0 Å². The van der Waals surface area contributed by atoms with Crippen LogP contribution in [0.4, 0.5) is 5.69 Å². The Hall–Kier alpha value is -4.64. The molecule has 2 aromatic rings. The molecule has 0 saturated heterocycles. The molecule has 0 aromatic carbocycles. The lowest BCUT2D eigenvalue weighted by molar-refractivity contribution is 0.871. The van der Waals surface area contributed by atoms with E-state index in [9.17, 15) is 5.26 Å². The fourth-order valence-corrected chi connectivity index (χ4v) is 3.12. The first-order valence-corrected chi connectivity index (χ1v) is 10.8. The molecule has 8 heteroatoms. The second kappa shape index (κ2) is 13.2. The van der Waals surface area contributed by atoms with E-state index in [1.807, 2.05) is 32.1 Å². The topological polar surface area (TPSA) is 111 Å². The summed E-state index contributed by atoms with van der Waals surface area (Å²) >= 11 is 0. The molecule has 0 spiro atoms. The number of guanidine groups is 1. The van der Waals surface area contributed by atoms with Gasteiger partial charge in [-0.3, -0.25) is 24.9 Å². The summed E-state index contributed by atoms with van der Waals surface area (Å²) in [7, 11) is 3.39. The van der Waals surface area contributed by atoms with Gasteiger partial charge in [0, 0.05) is 43.7 Å². The quantitative estimate of drug-likeness (QED) is 0.316. The standard InChI is InChI=1S/C27H30N8/c1-8-20-13-24(32-17-25(20)30-6)23(10-3)35-27(31-7)34-16-19-12-22(14-28)26(33-15-19)21(9-2)11-18(4)29-5/h8-13,15,17H,1-2,6,16H2,3-5,7H3,(H2,31,34,35)/b21-11+,23-10-,29-18?. The van der Waals surface area contributed by atoms with Crippen molar-refractivity contribution in [1.29, 1.82) is 5.26 Å². The molecular weight excluding hydrogens is 436 g/mol. The third kappa shape index (κ3) is 6.92. The van der Waals surface area contributed by atoms with E-state index in [-0.39, 0.29) is 0 Å². The molecule has 178 valence electrons. The van der Waals surface area contributed by atoms with Crippen LogP contribution in [-0.4, -0.2) is 42.5 Å². The van der Waals surface area contributed by atoms with Crippen molar-refractivity contribution in [3.05, 3.63) is 84.0 Å². The predicted molar refractivity (Wildman–Crippen MR) is 147 cm³/mol. The zero-order chi connectivity index (χ0) is 25.8. The average Bonchev–Trinajstić information content (AvgIpc) is 2.91. The molecule has 0 unspecified atom stereocenters. The molecule has 0 aliphatic carbocycles. The van der Waals surface area contributed by atoms with Crippen LogP contribution in [0.2, 0.25) is 0 Å². The minimum Gasteiger partial charge on any atom is -0.352 e. The predicted octanol–water partition coefficient (Wildman–Crippen LogP) is 4.71. The Labute approximate surface area is 207 Å². The zero-order valence-corrected chi connectivity index (χ0v) is 20.6. The number of nitrogens with zero attached hydrogens (tertiary/aromatic N) is 6. The third-order valence-corrected chi connectivity index (χ3v) is 5.08. The molecule has 0 aliphatic rings. The third-order valence-electron chi connectivity index (χ3n) is 5.08. The molecule has 0 amide bonds. The molecule has 0 aliphatic heterocycles. The second-order valence-corrected chi connectivity index (χ2v) is 7.26. The largest absolute Gasteiger partial charge is 0.352 e. The highest BCUT2D eigenvalue weighted by molar-refractivity contribution is 6.01. The summed E-state index contributed by atoms with van der Waals surface area (Å²) in [6.07, 6.45) is 10.5. The smallest absolute Gasteiger partial charge is 0.195 e. The second-order valence-electron chi connectivity index (χ2n) is 7.26. The van der Waals surface area contributed by atoms with E-state index >= 15 is 0 Å². The van der Waals surface area contributed by atoms with E-state index in [0.29, 0.717) is 35.1 Å². The lowest BCUT2D eigenvalue weighted by atomic mass is 10.0. The SMILES string of the molecule is C=C/C(=C\C(C)=NC)c1ncc(CNC(=NC)N/C(=C\C)c2cc(C=C)c(N=C)cn2)cc1C#N. The number of nitrogens with one attached hydrogen (secondary N) is 2. The van der Waals surface area contributed by atoms with Gasteiger partial charge in [0.15, 0.2) is 5.96 Å². The monoisotopic (exact) mass is 466 g/mol. The minimum absolute atomic E-state index is 0.409. The van der Waals surface area contributed by atoms with Crippen LogP contribution in [0, 0.1) is 11.3 Å². The van der Waals surface area contributed by atoms with Gasteiger partial charge < -0.3 is 10.6 Å². The van der Waals surface area contributed by atoms with Crippen LogP contribution in [0.5, 0.6) is 0 Å².